The molecule has 0 bridgehead atoms. The van der Waals surface area contributed by atoms with E-state index in [9.17, 15) is 18.0 Å². The van der Waals surface area contributed by atoms with Crippen molar-refractivity contribution < 1.29 is 18.0 Å². The number of aliphatic imine (C=N–C) groups is 1. The van der Waals surface area contributed by atoms with Crippen LogP contribution in [0.1, 0.15) is 11.1 Å². The van der Waals surface area contributed by atoms with Crippen LogP contribution in [0.3, 0.4) is 0 Å². The van der Waals surface area contributed by atoms with E-state index in [1.807, 2.05) is 19.1 Å². The molecule has 1 aliphatic rings. The smallest absolute Gasteiger partial charge is 0.273 e. The number of anilines is 1. The van der Waals surface area contributed by atoms with Gasteiger partial charge in [0.15, 0.2) is 5.17 Å². The molecular formula is C17H13F3N2OS. The summed E-state index contributed by atoms with van der Waals surface area (Å²) in [6.07, 6.45) is -4.43. The molecule has 7 heteroatoms. The van der Waals surface area contributed by atoms with Gasteiger partial charge < -0.3 is 0 Å². The number of carbonyl (C=O) groups is 1. The van der Waals surface area contributed by atoms with E-state index in [1.165, 1.54) is 28.8 Å². The minimum absolute atomic E-state index is 0.144. The topological polar surface area (TPSA) is 32.7 Å². The Labute approximate surface area is 141 Å². The van der Waals surface area contributed by atoms with Crippen molar-refractivity contribution in [2.75, 3.05) is 10.7 Å². The van der Waals surface area contributed by atoms with Gasteiger partial charge >= 0.3 is 6.18 Å². The van der Waals surface area contributed by atoms with Crippen LogP contribution in [0.2, 0.25) is 0 Å². The Morgan fingerprint density at radius 1 is 1.12 bits per heavy atom. The molecule has 1 amide bonds. The molecule has 1 saturated heterocycles. The third kappa shape index (κ3) is 3.46. The average molecular weight is 350 g/mol. The molecule has 0 aliphatic carbocycles. The van der Waals surface area contributed by atoms with Gasteiger partial charge in [0.1, 0.15) is 0 Å². The number of carbonyl (C=O) groups excluding carboxylic acids is 1. The lowest BCUT2D eigenvalue weighted by atomic mass is 10.2. The lowest BCUT2D eigenvalue weighted by Crippen LogP contribution is -2.29. The van der Waals surface area contributed by atoms with Crippen molar-refractivity contribution in [3.05, 3.63) is 59.7 Å². The molecule has 3 rings (SSSR count). The zero-order valence-electron chi connectivity index (χ0n) is 12.7. The van der Waals surface area contributed by atoms with Crippen LogP contribution in [-0.2, 0) is 11.0 Å². The average Bonchev–Trinajstić information content (AvgIpc) is 2.88. The standard InChI is InChI=1S/C17H13F3N2OS/c1-11-5-7-14(8-6-11)22-15(23)10-24-16(22)21-13-4-2-3-12(9-13)17(18,19)20/h2-9H,10H2,1H3. The van der Waals surface area contributed by atoms with Gasteiger partial charge in [0, 0.05) is 0 Å². The quantitative estimate of drug-likeness (QED) is 0.781. The van der Waals surface area contributed by atoms with Gasteiger partial charge in [-0.1, -0.05) is 35.5 Å². The molecule has 0 N–H and O–H groups in total. The van der Waals surface area contributed by atoms with Gasteiger partial charge in [0.2, 0.25) is 5.91 Å². The fraction of sp³-hybridized carbons (Fsp3) is 0.176. The molecule has 0 atom stereocenters. The van der Waals surface area contributed by atoms with Crippen molar-refractivity contribution in [3.63, 3.8) is 0 Å². The third-order valence-electron chi connectivity index (χ3n) is 3.46. The molecule has 3 nitrogen and oxygen atoms in total. The Bertz CT molecular complexity index is 800. The summed E-state index contributed by atoms with van der Waals surface area (Å²) in [5.41, 5.74) is 1.11. The summed E-state index contributed by atoms with van der Waals surface area (Å²) in [6, 6.07) is 12.1. The second kappa shape index (κ2) is 6.32. The Kier molecular flexibility index (Phi) is 4.36. The summed E-state index contributed by atoms with van der Waals surface area (Å²) in [5, 5.41) is 0.378. The first-order chi connectivity index (χ1) is 11.3. The maximum absolute atomic E-state index is 12.8. The fourth-order valence-corrected chi connectivity index (χ4v) is 3.14. The number of hydrogen-bond acceptors (Lipinski definition) is 3. The van der Waals surface area contributed by atoms with E-state index in [2.05, 4.69) is 4.99 Å². The molecule has 2 aromatic carbocycles. The highest BCUT2D eigenvalue weighted by atomic mass is 32.2. The van der Waals surface area contributed by atoms with Gasteiger partial charge in [-0.25, -0.2) is 4.99 Å². The molecule has 1 fully saturated rings. The molecule has 0 spiro atoms. The van der Waals surface area contributed by atoms with Crippen molar-refractivity contribution in [1.82, 2.24) is 0 Å². The number of hydrogen-bond donors (Lipinski definition) is 0. The summed E-state index contributed by atoms with van der Waals surface area (Å²) in [6.45, 7) is 1.93. The molecule has 0 saturated carbocycles. The first kappa shape index (κ1) is 16.6. The number of alkyl halides is 3. The second-order valence-corrected chi connectivity index (χ2v) is 6.24. The van der Waals surface area contributed by atoms with Crippen LogP contribution < -0.4 is 4.90 Å². The van der Waals surface area contributed by atoms with Crippen LogP contribution >= 0.6 is 11.8 Å². The maximum atomic E-state index is 12.8. The van der Waals surface area contributed by atoms with Crippen molar-refractivity contribution in [3.8, 4) is 0 Å². The summed E-state index contributed by atoms with van der Waals surface area (Å²) in [5.74, 6) is 0.0701. The first-order valence-electron chi connectivity index (χ1n) is 7.13. The number of rotatable bonds is 2. The fourth-order valence-electron chi connectivity index (χ4n) is 2.25. The molecule has 24 heavy (non-hydrogen) atoms. The first-order valence-corrected chi connectivity index (χ1v) is 8.11. The van der Waals surface area contributed by atoms with E-state index in [-0.39, 0.29) is 17.3 Å². The van der Waals surface area contributed by atoms with E-state index < -0.39 is 11.7 Å². The molecule has 2 aromatic rings. The third-order valence-corrected chi connectivity index (χ3v) is 4.38. The van der Waals surface area contributed by atoms with E-state index in [0.717, 1.165) is 17.7 Å². The molecule has 0 unspecified atom stereocenters. The highest BCUT2D eigenvalue weighted by Gasteiger charge is 2.32. The van der Waals surface area contributed by atoms with Crippen LogP contribution in [0.15, 0.2) is 53.5 Å². The number of aryl methyl sites for hydroxylation is 1. The predicted molar refractivity (Wildman–Crippen MR) is 89.7 cm³/mol. The van der Waals surface area contributed by atoms with Crippen molar-refractivity contribution in [2.24, 2.45) is 4.99 Å². The van der Waals surface area contributed by atoms with Gasteiger partial charge in [-0.05, 0) is 37.3 Å². The predicted octanol–water partition coefficient (Wildman–Crippen LogP) is 4.78. The van der Waals surface area contributed by atoms with E-state index >= 15 is 0 Å². The zero-order valence-corrected chi connectivity index (χ0v) is 13.5. The van der Waals surface area contributed by atoms with Gasteiger partial charge in [-0.15, -0.1) is 0 Å². The number of thioether (sulfide) groups is 1. The van der Waals surface area contributed by atoms with Crippen LogP contribution in [0.5, 0.6) is 0 Å². The largest absolute Gasteiger partial charge is 0.416 e. The molecule has 1 aliphatic heterocycles. The highest BCUT2D eigenvalue weighted by molar-refractivity contribution is 8.15. The summed E-state index contributed by atoms with van der Waals surface area (Å²) in [4.78, 5) is 17.8. The minimum atomic E-state index is -4.43. The number of benzene rings is 2. The SMILES string of the molecule is Cc1ccc(N2C(=O)CSC2=Nc2cccc(C(F)(F)F)c2)cc1. The van der Waals surface area contributed by atoms with Crippen LogP contribution in [0.25, 0.3) is 0 Å². The Morgan fingerprint density at radius 2 is 1.83 bits per heavy atom. The molecule has 0 aromatic heterocycles. The lowest BCUT2D eigenvalue weighted by Gasteiger charge is -2.16. The second-order valence-electron chi connectivity index (χ2n) is 5.30. The Morgan fingerprint density at radius 3 is 2.50 bits per heavy atom. The van der Waals surface area contributed by atoms with Crippen molar-refractivity contribution in [2.45, 2.75) is 13.1 Å². The number of nitrogens with zero attached hydrogens (tertiary/aromatic N) is 2. The van der Waals surface area contributed by atoms with E-state index in [0.29, 0.717) is 10.9 Å². The Hall–Kier alpha value is -2.28. The summed E-state index contributed by atoms with van der Waals surface area (Å²) < 4.78 is 38.4. The van der Waals surface area contributed by atoms with Crippen molar-refractivity contribution in [1.29, 1.82) is 0 Å². The summed E-state index contributed by atoms with van der Waals surface area (Å²) >= 11 is 1.21. The van der Waals surface area contributed by atoms with Gasteiger partial charge in [0.05, 0.1) is 22.7 Å². The van der Waals surface area contributed by atoms with Gasteiger partial charge in [0.25, 0.3) is 0 Å². The van der Waals surface area contributed by atoms with Gasteiger partial charge in [-0.2, -0.15) is 13.2 Å². The highest BCUT2D eigenvalue weighted by Crippen LogP contribution is 2.33. The molecule has 1 heterocycles. The van der Waals surface area contributed by atoms with Gasteiger partial charge in [-0.3, -0.25) is 9.69 Å². The number of amidine groups is 1. The normalized spacial score (nSPS) is 16.9. The number of halogens is 3. The summed E-state index contributed by atoms with van der Waals surface area (Å²) in [7, 11) is 0. The number of amides is 1. The Balaban J connectivity index is 1.96. The van der Waals surface area contributed by atoms with Crippen LogP contribution in [-0.4, -0.2) is 16.8 Å². The molecule has 0 radical (unpaired) electrons. The zero-order chi connectivity index (χ0) is 17.3. The van der Waals surface area contributed by atoms with Crippen LogP contribution in [0.4, 0.5) is 24.5 Å². The van der Waals surface area contributed by atoms with E-state index in [1.54, 1.807) is 12.1 Å². The maximum Gasteiger partial charge on any atom is 0.416 e. The van der Waals surface area contributed by atoms with Crippen LogP contribution in [0, 0.1) is 6.92 Å². The molecule has 124 valence electrons. The minimum Gasteiger partial charge on any atom is -0.273 e. The monoisotopic (exact) mass is 350 g/mol. The van der Waals surface area contributed by atoms with E-state index in [4.69, 9.17) is 0 Å². The lowest BCUT2D eigenvalue weighted by molar-refractivity contribution is -0.137. The molecular weight excluding hydrogens is 337 g/mol. The van der Waals surface area contributed by atoms with Crippen molar-refractivity contribution >= 4 is 34.2 Å².